The summed E-state index contributed by atoms with van der Waals surface area (Å²) in [6, 6.07) is 6.71. The van der Waals surface area contributed by atoms with E-state index >= 15 is 0 Å². The van der Waals surface area contributed by atoms with Gasteiger partial charge in [-0.15, -0.1) is 0 Å². The number of halogens is 1. The predicted molar refractivity (Wildman–Crippen MR) is 122 cm³/mol. The third kappa shape index (κ3) is 4.94. The molecule has 9 heteroatoms. The Morgan fingerprint density at radius 3 is 2.47 bits per heavy atom. The molecule has 0 unspecified atom stereocenters. The molecule has 0 aliphatic carbocycles. The van der Waals surface area contributed by atoms with Gasteiger partial charge in [-0.1, -0.05) is 26.8 Å². The zero-order valence-corrected chi connectivity index (χ0v) is 18.6. The second-order valence-electron chi connectivity index (χ2n) is 7.27. The van der Waals surface area contributed by atoms with E-state index in [4.69, 9.17) is 5.11 Å². The standard InChI is InChI=1S/C21H22FN5O3.C2H6/c1-2-15-20(28)25-19-16(24-15)5-3-14(18(19)22)12-26-7-9-27(10-8-26)17-6-4-13(11-23-17)21(29)30;1-2/h3-6,11H,2,7-10,12H2,1H3,(H,25,28)(H,29,30);1-2H3. The van der Waals surface area contributed by atoms with Gasteiger partial charge in [-0.25, -0.2) is 19.2 Å². The van der Waals surface area contributed by atoms with E-state index in [0.29, 0.717) is 55.9 Å². The van der Waals surface area contributed by atoms with E-state index in [-0.39, 0.29) is 16.6 Å². The number of aromatic amines is 1. The van der Waals surface area contributed by atoms with E-state index in [9.17, 15) is 14.0 Å². The number of rotatable bonds is 5. The minimum Gasteiger partial charge on any atom is -0.478 e. The number of benzene rings is 1. The second-order valence-corrected chi connectivity index (χ2v) is 7.27. The summed E-state index contributed by atoms with van der Waals surface area (Å²) < 4.78 is 15.0. The van der Waals surface area contributed by atoms with Gasteiger partial charge in [-0.05, 0) is 24.6 Å². The first-order valence-corrected chi connectivity index (χ1v) is 10.8. The van der Waals surface area contributed by atoms with E-state index in [2.05, 4.69) is 24.8 Å². The van der Waals surface area contributed by atoms with Gasteiger partial charge in [0.05, 0.1) is 11.1 Å². The molecule has 1 aliphatic heterocycles. The number of nitrogens with one attached hydrogen (secondary N) is 1. The number of piperazine rings is 1. The van der Waals surface area contributed by atoms with Crippen molar-refractivity contribution in [2.45, 2.75) is 33.7 Å². The maximum Gasteiger partial charge on any atom is 0.337 e. The zero-order valence-electron chi connectivity index (χ0n) is 18.6. The van der Waals surface area contributed by atoms with E-state index in [1.165, 1.54) is 6.20 Å². The van der Waals surface area contributed by atoms with E-state index in [1.807, 2.05) is 20.8 Å². The highest BCUT2D eigenvalue weighted by Gasteiger charge is 2.20. The normalized spacial score (nSPS) is 14.2. The van der Waals surface area contributed by atoms with Crippen molar-refractivity contribution < 1.29 is 14.3 Å². The average Bonchev–Trinajstić information content (AvgIpc) is 2.83. The molecule has 4 rings (SSSR count). The molecule has 0 bridgehead atoms. The number of carboxylic acids is 1. The fourth-order valence-corrected chi connectivity index (χ4v) is 3.64. The SMILES string of the molecule is CC.CCc1nc2ccc(CN3CCN(c4ccc(C(=O)O)cn4)CC3)c(F)c2[nH]c1=O. The molecule has 8 nitrogen and oxygen atoms in total. The molecular formula is C23H28FN5O3. The van der Waals surface area contributed by atoms with Crippen LogP contribution in [0.4, 0.5) is 10.2 Å². The minimum absolute atomic E-state index is 0.149. The zero-order chi connectivity index (χ0) is 23.3. The van der Waals surface area contributed by atoms with Crippen LogP contribution in [0.15, 0.2) is 35.3 Å². The van der Waals surface area contributed by atoms with Crippen molar-refractivity contribution in [2.24, 2.45) is 0 Å². The molecule has 170 valence electrons. The van der Waals surface area contributed by atoms with Gasteiger partial charge in [-0.3, -0.25) is 9.69 Å². The van der Waals surface area contributed by atoms with Gasteiger partial charge in [0.15, 0.2) is 5.82 Å². The van der Waals surface area contributed by atoms with Gasteiger partial charge in [0, 0.05) is 44.5 Å². The van der Waals surface area contributed by atoms with E-state index in [1.54, 1.807) is 24.3 Å². The summed E-state index contributed by atoms with van der Waals surface area (Å²) in [7, 11) is 0. The molecule has 32 heavy (non-hydrogen) atoms. The van der Waals surface area contributed by atoms with Crippen LogP contribution >= 0.6 is 0 Å². The largest absolute Gasteiger partial charge is 0.478 e. The number of nitrogens with zero attached hydrogens (tertiary/aromatic N) is 4. The maximum absolute atomic E-state index is 15.0. The molecule has 0 radical (unpaired) electrons. The number of hydrogen-bond acceptors (Lipinski definition) is 6. The van der Waals surface area contributed by atoms with Crippen LogP contribution in [0.5, 0.6) is 0 Å². The number of pyridine rings is 1. The fourth-order valence-electron chi connectivity index (χ4n) is 3.64. The van der Waals surface area contributed by atoms with Crippen LogP contribution in [0, 0.1) is 5.82 Å². The number of H-pyrrole nitrogens is 1. The third-order valence-electron chi connectivity index (χ3n) is 5.38. The monoisotopic (exact) mass is 441 g/mol. The molecule has 2 aromatic heterocycles. The number of aryl methyl sites for hydroxylation is 1. The van der Waals surface area contributed by atoms with E-state index < -0.39 is 11.8 Å². The fraction of sp³-hybridized carbons (Fsp3) is 0.391. The number of aromatic carboxylic acids is 1. The molecular weight excluding hydrogens is 413 g/mol. The van der Waals surface area contributed by atoms with Gasteiger partial charge in [0.25, 0.3) is 5.56 Å². The van der Waals surface area contributed by atoms with Crippen LogP contribution < -0.4 is 10.5 Å². The molecule has 1 fully saturated rings. The molecule has 1 saturated heterocycles. The third-order valence-corrected chi connectivity index (χ3v) is 5.38. The number of carboxylic acid groups (broad SMARTS) is 1. The molecule has 0 spiro atoms. The molecule has 0 amide bonds. The Labute approximate surface area is 185 Å². The number of carbonyl (C=O) groups is 1. The van der Waals surface area contributed by atoms with Crippen molar-refractivity contribution in [3.8, 4) is 0 Å². The van der Waals surface area contributed by atoms with Crippen molar-refractivity contribution in [2.75, 3.05) is 31.1 Å². The summed E-state index contributed by atoms with van der Waals surface area (Å²) in [5.41, 5.74) is 1.32. The maximum atomic E-state index is 15.0. The van der Waals surface area contributed by atoms with Crippen LogP contribution in [0.25, 0.3) is 11.0 Å². The number of hydrogen-bond donors (Lipinski definition) is 2. The van der Waals surface area contributed by atoms with E-state index in [0.717, 1.165) is 5.82 Å². The number of anilines is 1. The Balaban J connectivity index is 0.00000141. The lowest BCUT2D eigenvalue weighted by Crippen LogP contribution is -2.46. The van der Waals surface area contributed by atoms with Crippen molar-refractivity contribution >= 4 is 22.8 Å². The average molecular weight is 442 g/mol. The lowest BCUT2D eigenvalue weighted by molar-refractivity contribution is 0.0696. The second kappa shape index (κ2) is 10.3. The predicted octanol–water partition coefficient (Wildman–Crippen LogP) is 3.07. The van der Waals surface area contributed by atoms with Gasteiger partial charge in [0.1, 0.15) is 17.0 Å². The lowest BCUT2D eigenvalue weighted by Gasteiger charge is -2.35. The smallest absolute Gasteiger partial charge is 0.337 e. The van der Waals surface area contributed by atoms with Crippen LogP contribution in [0.1, 0.15) is 42.4 Å². The summed E-state index contributed by atoms with van der Waals surface area (Å²) in [5.74, 6) is -0.709. The van der Waals surface area contributed by atoms with Crippen LogP contribution in [-0.2, 0) is 13.0 Å². The highest BCUT2D eigenvalue weighted by Crippen LogP contribution is 2.20. The molecule has 1 aromatic carbocycles. The number of aromatic nitrogens is 3. The van der Waals surface area contributed by atoms with Crippen molar-refractivity contribution in [1.82, 2.24) is 19.9 Å². The molecule has 0 atom stereocenters. The van der Waals surface area contributed by atoms with Crippen LogP contribution in [0.2, 0.25) is 0 Å². The first-order chi connectivity index (χ1) is 15.5. The number of fused-ring (bicyclic) bond motifs is 1. The Morgan fingerprint density at radius 2 is 1.88 bits per heavy atom. The summed E-state index contributed by atoms with van der Waals surface area (Å²) in [4.78, 5) is 38.3. The Bertz CT molecular complexity index is 1140. The first-order valence-electron chi connectivity index (χ1n) is 10.8. The highest BCUT2D eigenvalue weighted by atomic mass is 19.1. The molecule has 2 N–H and O–H groups in total. The van der Waals surface area contributed by atoms with Crippen LogP contribution in [-0.4, -0.2) is 57.1 Å². The van der Waals surface area contributed by atoms with Crippen molar-refractivity contribution in [1.29, 1.82) is 0 Å². The Hall–Kier alpha value is -3.33. The summed E-state index contributed by atoms with van der Waals surface area (Å²) in [5, 5.41) is 8.98. The molecule has 3 aromatic rings. The summed E-state index contributed by atoms with van der Waals surface area (Å²) in [6.07, 6.45) is 1.85. The molecule has 3 heterocycles. The quantitative estimate of drug-likeness (QED) is 0.627. The minimum atomic E-state index is -1.00. The van der Waals surface area contributed by atoms with Crippen molar-refractivity contribution in [3.05, 3.63) is 63.5 Å². The van der Waals surface area contributed by atoms with Gasteiger partial charge >= 0.3 is 5.97 Å². The summed E-state index contributed by atoms with van der Waals surface area (Å²) >= 11 is 0. The van der Waals surface area contributed by atoms with Crippen molar-refractivity contribution in [3.63, 3.8) is 0 Å². The highest BCUT2D eigenvalue weighted by molar-refractivity contribution is 5.87. The topological polar surface area (TPSA) is 102 Å². The summed E-state index contributed by atoms with van der Waals surface area (Å²) in [6.45, 7) is 9.09. The Kier molecular flexibility index (Phi) is 7.53. The van der Waals surface area contributed by atoms with Gasteiger partial charge in [-0.2, -0.15) is 0 Å². The Morgan fingerprint density at radius 1 is 1.16 bits per heavy atom. The van der Waals surface area contributed by atoms with Gasteiger partial charge < -0.3 is 15.0 Å². The lowest BCUT2D eigenvalue weighted by atomic mass is 10.1. The molecule has 1 aliphatic rings. The van der Waals surface area contributed by atoms with Crippen LogP contribution in [0.3, 0.4) is 0 Å². The first kappa shape index (κ1) is 23.3. The van der Waals surface area contributed by atoms with Gasteiger partial charge in [0.2, 0.25) is 0 Å². The molecule has 0 saturated carbocycles.